The van der Waals surface area contributed by atoms with Crippen molar-refractivity contribution >= 4 is 0 Å². The summed E-state index contributed by atoms with van der Waals surface area (Å²) < 4.78 is 5.63. The third-order valence-electron chi connectivity index (χ3n) is 3.16. The largest absolute Gasteiger partial charge is 0.491 e. The van der Waals surface area contributed by atoms with Crippen LogP contribution in [0.5, 0.6) is 5.75 Å². The van der Waals surface area contributed by atoms with E-state index in [9.17, 15) is 0 Å². The van der Waals surface area contributed by atoms with Gasteiger partial charge in [0.25, 0.3) is 0 Å². The highest BCUT2D eigenvalue weighted by Crippen LogP contribution is 2.32. The molecule has 0 fully saturated rings. The maximum absolute atomic E-state index is 5.63. The minimum absolute atomic E-state index is 0.360. The van der Waals surface area contributed by atoms with Gasteiger partial charge in [0.15, 0.2) is 0 Å². The number of hydrogen-bond donors (Lipinski definition) is 1. The van der Waals surface area contributed by atoms with E-state index >= 15 is 0 Å². The molecule has 0 saturated heterocycles. The molecule has 0 spiro atoms. The summed E-state index contributed by atoms with van der Waals surface area (Å²) in [4.78, 5) is 0. The predicted molar refractivity (Wildman–Crippen MR) is 62.1 cm³/mol. The number of nitrogens with one attached hydrogen (secondary N) is 1. The maximum atomic E-state index is 5.63. The fourth-order valence-corrected chi connectivity index (χ4v) is 1.81. The van der Waals surface area contributed by atoms with Crippen molar-refractivity contribution < 1.29 is 4.74 Å². The fourth-order valence-electron chi connectivity index (χ4n) is 1.81. The van der Waals surface area contributed by atoms with E-state index in [2.05, 4.69) is 38.2 Å². The van der Waals surface area contributed by atoms with Crippen LogP contribution in [0.3, 0.4) is 0 Å². The van der Waals surface area contributed by atoms with Gasteiger partial charge in [0, 0.05) is 11.6 Å². The average molecular weight is 205 g/mol. The Kier molecular flexibility index (Phi) is 2.96. The molecule has 1 N–H and O–H groups in total. The molecule has 1 aromatic rings. The standard InChI is InChI=1S/C13H19NO/c1-9(2)10(3)14-12-8-15-13-7-5-4-6-11(12)13/h4-7,9-10,12,14H,8H2,1-3H3. The van der Waals surface area contributed by atoms with Crippen LogP contribution in [0, 0.1) is 5.92 Å². The van der Waals surface area contributed by atoms with E-state index in [0.717, 1.165) is 12.4 Å². The SMILES string of the molecule is CC(C)C(C)NC1COc2ccccc21. The number of para-hydroxylation sites is 1. The molecule has 1 aliphatic heterocycles. The van der Waals surface area contributed by atoms with Gasteiger partial charge in [-0.05, 0) is 18.9 Å². The Morgan fingerprint density at radius 3 is 2.73 bits per heavy atom. The van der Waals surface area contributed by atoms with Crippen LogP contribution in [0.4, 0.5) is 0 Å². The first-order valence-electron chi connectivity index (χ1n) is 5.66. The van der Waals surface area contributed by atoms with Crippen LogP contribution in [0.1, 0.15) is 32.4 Å². The van der Waals surface area contributed by atoms with Crippen molar-refractivity contribution in [1.29, 1.82) is 0 Å². The zero-order valence-electron chi connectivity index (χ0n) is 9.66. The summed E-state index contributed by atoms with van der Waals surface area (Å²) in [5.41, 5.74) is 1.30. The molecule has 82 valence electrons. The van der Waals surface area contributed by atoms with Gasteiger partial charge in [-0.15, -0.1) is 0 Å². The van der Waals surface area contributed by atoms with E-state index in [4.69, 9.17) is 4.74 Å². The van der Waals surface area contributed by atoms with Crippen LogP contribution in [-0.2, 0) is 0 Å². The van der Waals surface area contributed by atoms with Crippen LogP contribution in [0.2, 0.25) is 0 Å². The minimum atomic E-state index is 0.360. The number of ether oxygens (including phenoxy) is 1. The summed E-state index contributed by atoms with van der Waals surface area (Å²) in [6.45, 7) is 7.46. The second-order valence-electron chi connectivity index (χ2n) is 4.60. The van der Waals surface area contributed by atoms with Gasteiger partial charge in [0.1, 0.15) is 12.4 Å². The first-order chi connectivity index (χ1) is 7.18. The molecule has 15 heavy (non-hydrogen) atoms. The molecule has 0 aromatic heterocycles. The molecule has 1 aromatic carbocycles. The molecule has 0 radical (unpaired) electrons. The molecule has 2 rings (SSSR count). The molecule has 2 atom stereocenters. The summed E-state index contributed by atoms with van der Waals surface area (Å²) in [5.74, 6) is 1.68. The van der Waals surface area contributed by atoms with Gasteiger partial charge in [-0.2, -0.15) is 0 Å². The highest BCUT2D eigenvalue weighted by Gasteiger charge is 2.25. The van der Waals surface area contributed by atoms with E-state index in [1.807, 2.05) is 12.1 Å². The van der Waals surface area contributed by atoms with E-state index in [-0.39, 0.29) is 0 Å². The minimum Gasteiger partial charge on any atom is -0.491 e. The van der Waals surface area contributed by atoms with Gasteiger partial charge in [-0.25, -0.2) is 0 Å². The lowest BCUT2D eigenvalue weighted by Crippen LogP contribution is -2.35. The Bertz CT molecular complexity index is 335. The van der Waals surface area contributed by atoms with Crippen LogP contribution in [0.25, 0.3) is 0 Å². The highest BCUT2D eigenvalue weighted by molar-refractivity contribution is 5.39. The van der Waals surface area contributed by atoms with Crippen LogP contribution >= 0.6 is 0 Å². The second-order valence-corrected chi connectivity index (χ2v) is 4.60. The van der Waals surface area contributed by atoms with E-state index < -0.39 is 0 Å². The summed E-state index contributed by atoms with van der Waals surface area (Å²) in [6.07, 6.45) is 0. The van der Waals surface area contributed by atoms with Gasteiger partial charge >= 0.3 is 0 Å². The first-order valence-corrected chi connectivity index (χ1v) is 5.66. The fraction of sp³-hybridized carbons (Fsp3) is 0.538. The van der Waals surface area contributed by atoms with E-state index in [1.165, 1.54) is 5.56 Å². The number of rotatable bonds is 3. The van der Waals surface area contributed by atoms with E-state index in [1.54, 1.807) is 0 Å². The molecule has 1 aliphatic rings. The molecule has 1 heterocycles. The molecule has 0 saturated carbocycles. The Morgan fingerprint density at radius 2 is 2.00 bits per heavy atom. The summed E-state index contributed by atoms with van der Waals surface area (Å²) >= 11 is 0. The van der Waals surface area contributed by atoms with Crippen molar-refractivity contribution in [2.45, 2.75) is 32.9 Å². The Hall–Kier alpha value is -1.02. The molecular formula is C13H19NO. The predicted octanol–water partition coefficient (Wildman–Crippen LogP) is 2.75. The van der Waals surface area contributed by atoms with Gasteiger partial charge < -0.3 is 10.1 Å². The molecule has 2 nitrogen and oxygen atoms in total. The third kappa shape index (κ3) is 2.15. The second kappa shape index (κ2) is 4.23. The molecule has 0 amide bonds. The number of fused-ring (bicyclic) bond motifs is 1. The van der Waals surface area contributed by atoms with Gasteiger partial charge in [0.05, 0.1) is 6.04 Å². The quantitative estimate of drug-likeness (QED) is 0.819. The lowest BCUT2D eigenvalue weighted by molar-refractivity contribution is 0.285. The first kappa shape index (κ1) is 10.5. The van der Waals surface area contributed by atoms with Crippen molar-refractivity contribution in [3.63, 3.8) is 0 Å². The third-order valence-corrected chi connectivity index (χ3v) is 3.16. The molecule has 2 heteroatoms. The molecule has 0 bridgehead atoms. The Balaban J connectivity index is 2.08. The lowest BCUT2D eigenvalue weighted by Gasteiger charge is -2.21. The van der Waals surface area contributed by atoms with Crippen molar-refractivity contribution in [2.75, 3.05) is 6.61 Å². The lowest BCUT2D eigenvalue weighted by atomic mass is 10.0. The zero-order valence-corrected chi connectivity index (χ0v) is 9.66. The van der Waals surface area contributed by atoms with Crippen molar-refractivity contribution in [2.24, 2.45) is 5.92 Å². The van der Waals surface area contributed by atoms with Crippen molar-refractivity contribution in [3.8, 4) is 5.75 Å². The Labute approximate surface area is 91.6 Å². The monoisotopic (exact) mass is 205 g/mol. The maximum Gasteiger partial charge on any atom is 0.124 e. The summed E-state index contributed by atoms with van der Waals surface area (Å²) in [7, 11) is 0. The van der Waals surface area contributed by atoms with Crippen LogP contribution in [-0.4, -0.2) is 12.6 Å². The van der Waals surface area contributed by atoms with Crippen LogP contribution < -0.4 is 10.1 Å². The molecule has 0 aliphatic carbocycles. The van der Waals surface area contributed by atoms with Crippen molar-refractivity contribution in [1.82, 2.24) is 5.32 Å². The zero-order chi connectivity index (χ0) is 10.8. The number of benzene rings is 1. The van der Waals surface area contributed by atoms with Crippen molar-refractivity contribution in [3.05, 3.63) is 29.8 Å². The Morgan fingerprint density at radius 1 is 1.27 bits per heavy atom. The summed E-state index contributed by atoms with van der Waals surface area (Å²) in [5, 5.41) is 3.61. The topological polar surface area (TPSA) is 21.3 Å². The molecular weight excluding hydrogens is 186 g/mol. The highest BCUT2D eigenvalue weighted by atomic mass is 16.5. The smallest absolute Gasteiger partial charge is 0.124 e. The van der Waals surface area contributed by atoms with Crippen LogP contribution in [0.15, 0.2) is 24.3 Å². The normalized spacial score (nSPS) is 21.2. The van der Waals surface area contributed by atoms with Gasteiger partial charge in [-0.3, -0.25) is 0 Å². The van der Waals surface area contributed by atoms with Gasteiger partial charge in [0.2, 0.25) is 0 Å². The van der Waals surface area contributed by atoms with E-state index in [0.29, 0.717) is 18.0 Å². The van der Waals surface area contributed by atoms with Gasteiger partial charge in [-0.1, -0.05) is 32.0 Å². The summed E-state index contributed by atoms with van der Waals surface area (Å²) in [6, 6.07) is 9.16. The average Bonchev–Trinajstić information content (AvgIpc) is 2.62. The number of hydrogen-bond acceptors (Lipinski definition) is 2. The molecule has 2 unspecified atom stereocenters.